The molecule has 0 saturated carbocycles. The van der Waals surface area contributed by atoms with E-state index in [2.05, 4.69) is 21.0 Å². The zero-order valence-electron chi connectivity index (χ0n) is 34.5. The molecule has 1 saturated heterocycles. The maximum atomic E-state index is 14.5. The van der Waals surface area contributed by atoms with Gasteiger partial charge in [0.25, 0.3) is 5.91 Å². The molecule has 1 aromatic heterocycles. The number of aliphatic hydroxyl groups is 1. The monoisotopic (exact) mass is 771 g/mol. The van der Waals surface area contributed by atoms with Crippen molar-refractivity contribution in [1.82, 2.24) is 35.9 Å². The molecule has 0 unspecified atom stereocenters. The summed E-state index contributed by atoms with van der Waals surface area (Å²) in [4.78, 5) is 62.4. The van der Waals surface area contributed by atoms with Crippen molar-refractivity contribution in [3.8, 4) is 0 Å². The second-order valence-electron chi connectivity index (χ2n) is 16.1. The summed E-state index contributed by atoms with van der Waals surface area (Å²) in [5.41, 5.74) is 7.90. The van der Waals surface area contributed by atoms with Crippen LogP contribution in [0.5, 0.6) is 0 Å². The summed E-state index contributed by atoms with van der Waals surface area (Å²) in [6.45, 7) is 16.7. The van der Waals surface area contributed by atoms with Gasteiger partial charge in [-0.3, -0.25) is 20.0 Å². The van der Waals surface area contributed by atoms with E-state index in [0.717, 1.165) is 33.6 Å². The van der Waals surface area contributed by atoms with Gasteiger partial charge in [-0.1, -0.05) is 95.6 Å². The van der Waals surface area contributed by atoms with E-state index >= 15 is 0 Å². The average Bonchev–Trinajstić information content (AvgIpc) is 3.49. The lowest BCUT2D eigenvalue weighted by Crippen LogP contribution is -2.60. The highest BCUT2D eigenvalue weighted by Crippen LogP contribution is 2.24. The minimum absolute atomic E-state index is 0.0700. The Balaban J connectivity index is 1.62. The second kappa shape index (κ2) is 19.7. The zero-order chi connectivity index (χ0) is 41.2. The molecule has 1 aliphatic rings. The van der Waals surface area contributed by atoms with Crippen LogP contribution in [0.15, 0.2) is 66.7 Å². The number of aryl methyl sites for hydroxylation is 3. The summed E-state index contributed by atoms with van der Waals surface area (Å²) >= 11 is 0. The van der Waals surface area contributed by atoms with E-state index in [0.29, 0.717) is 32.5 Å². The fraction of sp³-hybridized carbons (Fsp3) is 0.512. The molecule has 1 fully saturated rings. The highest BCUT2D eigenvalue weighted by Gasteiger charge is 2.41. The molecule has 0 bridgehead atoms. The molecule has 3 aromatic rings. The lowest BCUT2D eigenvalue weighted by Gasteiger charge is -2.36. The molecule has 0 aliphatic carbocycles. The minimum Gasteiger partial charge on any atom is -0.453 e. The first kappa shape index (κ1) is 43.7. The number of urea groups is 1. The van der Waals surface area contributed by atoms with Gasteiger partial charge in [0.2, 0.25) is 5.91 Å². The first-order valence-electron chi connectivity index (χ1n) is 19.5. The fourth-order valence-corrected chi connectivity index (χ4v) is 6.94. The van der Waals surface area contributed by atoms with E-state index in [-0.39, 0.29) is 30.9 Å². The molecule has 5 amide bonds. The normalized spacial score (nSPS) is 15.9. The smallest absolute Gasteiger partial charge is 0.407 e. The summed E-state index contributed by atoms with van der Waals surface area (Å²) in [5, 5.41) is 19.5. The minimum atomic E-state index is -1.18. The number of methoxy groups -OCH3 is 1. The van der Waals surface area contributed by atoms with Gasteiger partial charge in [0.05, 0.1) is 31.5 Å². The van der Waals surface area contributed by atoms with Gasteiger partial charge in [-0.25, -0.2) is 14.6 Å². The number of ether oxygens (including phenoxy) is 1. The van der Waals surface area contributed by atoms with Crippen molar-refractivity contribution in [2.75, 3.05) is 26.7 Å². The predicted octanol–water partition coefficient (Wildman–Crippen LogP) is 5.05. The van der Waals surface area contributed by atoms with E-state index < -0.39 is 41.6 Å². The van der Waals surface area contributed by atoms with Crippen LogP contribution in [0.3, 0.4) is 0 Å². The van der Waals surface area contributed by atoms with Crippen LogP contribution >= 0.6 is 0 Å². The Morgan fingerprint density at radius 2 is 1.64 bits per heavy atom. The van der Waals surface area contributed by atoms with Crippen molar-refractivity contribution in [2.24, 2.45) is 11.3 Å². The number of aromatic nitrogens is 1. The van der Waals surface area contributed by atoms with Gasteiger partial charge in [0.15, 0.2) is 0 Å². The Morgan fingerprint density at radius 1 is 0.929 bits per heavy atom. The number of aliphatic hydroxyl groups excluding tert-OH is 1. The number of hydrogen-bond acceptors (Lipinski definition) is 8. The second-order valence-corrected chi connectivity index (χ2v) is 16.1. The molecule has 1 aliphatic heterocycles. The summed E-state index contributed by atoms with van der Waals surface area (Å²) in [7, 11) is 1.24. The third-order valence-corrected chi connectivity index (χ3v) is 10.5. The van der Waals surface area contributed by atoms with Gasteiger partial charge in [0, 0.05) is 31.9 Å². The molecule has 304 valence electrons. The number of hydrazine groups is 1. The SMILES string of the molecule is CC[C@H](C)[C@@H](C(=O)N[C@@H](Cc1ccccc1)[C@@H](O)CN(Cc1ccc(C)c(C)c1)NC(=O)[C@@H](NC(=O)OC)C(C)(C)C)N1CCN(Cc2cccc(C)n2)C1=O. The molecule has 13 nitrogen and oxygen atoms in total. The highest BCUT2D eigenvalue weighted by atomic mass is 16.5. The summed E-state index contributed by atoms with van der Waals surface area (Å²) in [6.07, 6.45) is -0.977. The summed E-state index contributed by atoms with van der Waals surface area (Å²) < 4.78 is 4.81. The zero-order valence-corrected chi connectivity index (χ0v) is 34.5. The maximum Gasteiger partial charge on any atom is 0.407 e. The quantitative estimate of drug-likeness (QED) is 0.139. The van der Waals surface area contributed by atoms with Crippen LogP contribution in [0, 0.1) is 32.1 Å². The number of alkyl carbamates (subject to hydrolysis) is 1. The summed E-state index contributed by atoms with van der Waals surface area (Å²) in [6, 6.07) is 18.5. The van der Waals surface area contributed by atoms with Crippen molar-refractivity contribution in [3.05, 3.63) is 100 Å². The molecule has 56 heavy (non-hydrogen) atoms. The average molecular weight is 772 g/mol. The van der Waals surface area contributed by atoms with Crippen molar-refractivity contribution in [3.63, 3.8) is 0 Å². The fourth-order valence-electron chi connectivity index (χ4n) is 6.94. The third-order valence-electron chi connectivity index (χ3n) is 10.5. The standard InChI is InChI=1S/C43H61N7O6/c1-10-28(2)37(50-22-21-48(42(50)55)26-34-18-14-15-31(5)44-34)39(52)45-35(24-32-16-12-11-13-17-32)36(51)27-49(25-33-20-19-29(3)30(4)23-33)47-40(53)38(43(6,7)8)46-41(54)56-9/h11-20,23,28,35-38,51H,10,21-22,24-27H2,1-9H3,(H,45,52)(H,46,54)(H,47,53)/t28-,35-,36-,37-,38+/m0/s1. The van der Waals surface area contributed by atoms with Gasteiger partial charge in [0.1, 0.15) is 12.1 Å². The molecule has 2 aromatic carbocycles. The van der Waals surface area contributed by atoms with Crippen molar-refractivity contribution < 1.29 is 29.0 Å². The largest absolute Gasteiger partial charge is 0.453 e. The Bertz CT molecular complexity index is 1800. The van der Waals surface area contributed by atoms with Gasteiger partial charge >= 0.3 is 12.1 Å². The predicted molar refractivity (Wildman–Crippen MR) is 216 cm³/mol. The first-order chi connectivity index (χ1) is 26.5. The Morgan fingerprint density at radius 3 is 2.27 bits per heavy atom. The Hall–Kier alpha value is -5.01. The molecule has 2 heterocycles. The van der Waals surface area contributed by atoms with E-state index in [9.17, 15) is 24.3 Å². The van der Waals surface area contributed by atoms with E-state index in [4.69, 9.17) is 4.74 Å². The van der Waals surface area contributed by atoms with Crippen LogP contribution in [-0.2, 0) is 33.8 Å². The Kier molecular flexibility index (Phi) is 15.4. The van der Waals surface area contributed by atoms with Crippen LogP contribution in [0.2, 0.25) is 0 Å². The lowest BCUT2D eigenvalue weighted by molar-refractivity contribution is -0.132. The van der Waals surface area contributed by atoms with Crippen LogP contribution in [0.1, 0.15) is 74.7 Å². The van der Waals surface area contributed by atoms with Crippen LogP contribution in [0.4, 0.5) is 9.59 Å². The molecule has 4 N–H and O–H groups in total. The van der Waals surface area contributed by atoms with Gasteiger partial charge < -0.3 is 30.3 Å². The van der Waals surface area contributed by atoms with E-state index in [1.165, 1.54) is 7.11 Å². The number of hydrogen-bond donors (Lipinski definition) is 4. The Labute approximate surface area is 332 Å². The number of rotatable bonds is 17. The van der Waals surface area contributed by atoms with Crippen molar-refractivity contribution in [1.29, 1.82) is 0 Å². The molecule has 0 spiro atoms. The number of nitrogens with one attached hydrogen (secondary N) is 3. The molecule has 13 heteroatoms. The molecular weight excluding hydrogens is 711 g/mol. The number of carbonyl (C=O) groups is 4. The summed E-state index contributed by atoms with van der Waals surface area (Å²) in [5.74, 6) is -1.02. The van der Waals surface area contributed by atoms with Gasteiger partial charge in [-0.2, -0.15) is 0 Å². The van der Waals surface area contributed by atoms with Crippen molar-refractivity contribution in [2.45, 2.75) is 106 Å². The number of carbonyl (C=O) groups excluding carboxylic acids is 4. The molecular formula is C43H61N7O6. The third kappa shape index (κ3) is 12.0. The maximum absolute atomic E-state index is 14.5. The van der Waals surface area contributed by atoms with Gasteiger partial charge in [-0.15, -0.1) is 0 Å². The number of amides is 5. The number of nitrogens with zero attached hydrogens (tertiary/aromatic N) is 4. The topological polar surface area (TPSA) is 156 Å². The molecule has 5 atom stereocenters. The van der Waals surface area contributed by atoms with Gasteiger partial charge in [-0.05, 0) is 72.9 Å². The number of pyridine rings is 1. The molecule has 4 rings (SSSR count). The van der Waals surface area contributed by atoms with Crippen LogP contribution < -0.4 is 16.1 Å². The van der Waals surface area contributed by atoms with Crippen LogP contribution in [0.25, 0.3) is 0 Å². The number of benzene rings is 2. The highest BCUT2D eigenvalue weighted by molar-refractivity contribution is 5.88. The molecule has 0 radical (unpaired) electrons. The van der Waals surface area contributed by atoms with Crippen LogP contribution in [-0.4, -0.2) is 99.8 Å². The van der Waals surface area contributed by atoms with E-state index in [1.54, 1.807) is 14.8 Å². The first-order valence-corrected chi connectivity index (χ1v) is 19.5. The van der Waals surface area contributed by atoms with E-state index in [1.807, 2.05) is 122 Å². The van der Waals surface area contributed by atoms with Crippen molar-refractivity contribution >= 4 is 23.9 Å². The lowest BCUT2D eigenvalue weighted by atomic mass is 9.86.